The first-order valence-corrected chi connectivity index (χ1v) is 8.88. The number of benzene rings is 2. The third kappa shape index (κ3) is 3.79. The van der Waals surface area contributed by atoms with Crippen molar-refractivity contribution in [3.8, 4) is 17.1 Å². The van der Waals surface area contributed by atoms with Crippen molar-refractivity contribution in [3.05, 3.63) is 77.7 Å². The van der Waals surface area contributed by atoms with Gasteiger partial charge in [-0.3, -0.25) is 4.79 Å². The topological polar surface area (TPSA) is 114 Å². The van der Waals surface area contributed by atoms with Crippen molar-refractivity contribution in [1.82, 2.24) is 5.43 Å². The molecule has 0 spiro atoms. The van der Waals surface area contributed by atoms with Crippen molar-refractivity contribution in [2.24, 2.45) is 5.10 Å². The molecular weight excluding hydrogens is 388 g/mol. The van der Waals surface area contributed by atoms with Crippen LogP contribution in [0.4, 0.5) is 0 Å². The van der Waals surface area contributed by atoms with Crippen molar-refractivity contribution in [2.75, 3.05) is 7.11 Å². The van der Waals surface area contributed by atoms with E-state index in [0.29, 0.717) is 22.9 Å². The molecule has 0 radical (unpaired) electrons. The van der Waals surface area contributed by atoms with Crippen LogP contribution < -0.4 is 10.2 Å². The Kier molecular flexibility index (Phi) is 5.04. The minimum absolute atomic E-state index is 0.102. The second kappa shape index (κ2) is 7.96. The highest BCUT2D eigenvalue weighted by molar-refractivity contribution is 5.97. The van der Waals surface area contributed by atoms with Crippen molar-refractivity contribution >= 4 is 29.1 Å². The number of fused-ring (bicyclic) bond motifs is 1. The minimum Gasteiger partial charge on any atom is -0.493 e. The number of nitrogens with one attached hydrogen (secondary N) is 1. The van der Waals surface area contributed by atoms with Crippen molar-refractivity contribution in [3.63, 3.8) is 0 Å². The number of carbonyl (C=O) groups is 2. The van der Waals surface area contributed by atoms with E-state index in [2.05, 4.69) is 10.5 Å². The summed E-state index contributed by atoms with van der Waals surface area (Å²) in [5.74, 6) is 0.0934. The predicted molar refractivity (Wildman–Crippen MR) is 109 cm³/mol. The van der Waals surface area contributed by atoms with Gasteiger partial charge in [0.15, 0.2) is 17.1 Å². The van der Waals surface area contributed by atoms with Gasteiger partial charge in [-0.1, -0.05) is 24.3 Å². The molecule has 0 aliphatic carbocycles. The summed E-state index contributed by atoms with van der Waals surface area (Å²) < 4.78 is 16.4. The molecular formula is C22H16N2O6. The van der Waals surface area contributed by atoms with Crippen molar-refractivity contribution in [2.45, 2.75) is 0 Å². The number of ether oxygens (including phenoxy) is 1. The second-order valence-electron chi connectivity index (χ2n) is 6.27. The minimum atomic E-state index is -0.993. The Hall–Kier alpha value is -4.33. The Morgan fingerprint density at radius 1 is 1.07 bits per heavy atom. The molecule has 0 unspecified atom stereocenters. The smallest absolute Gasteiger partial charge is 0.335 e. The lowest BCUT2D eigenvalue weighted by atomic mass is 10.1. The van der Waals surface area contributed by atoms with Gasteiger partial charge in [-0.25, -0.2) is 10.2 Å². The van der Waals surface area contributed by atoms with Crippen molar-refractivity contribution < 1.29 is 28.3 Å². The molecule has 0 bridgehead atoms. The van der Waals surface area contributed by atoms with E-state index >= 15 is 0 Å². The molecule has 30 heavy (non-hydrogen) atoms. The summed E-state index contributed by atoms with van der Waals surface area (Å²) in [6.07, 6.45) is 1.36. The Balaban J connectivity index is 1.43. The number of carboxylic acids is 1. The van der Waals surface area contributed by atoms with Gasteiger partial charge in [-0.15, -0.1) is 0 Å². The number of carbonyl (C=O) groups excluding carboxylic acids is 1. The van der Waals surface area contributed by atoms with Gasteiger partial charge in [0.1, 0.15) is 11.5 Å². The highest BCUT2D eigenvalue weighted by atomic mass is 16.5. The third-order valence-electron chi connectivity index (χ3n) is 4.35. The van der Waals surface area contributed by atoms with Gasteiger partial charge >= 0.3 is 11.9 Å². The maximum atomic E-state index is 12.3. The molecule has 0 aliphatic rings. The van der Waals surface area contributed by atoms with E-state index in [4.69, 9.17) is 18.7 Å². The van der Waals surface area contributed by atoms with Gasteiger partial charge < -0.3 is 18.7 Å². The molecule has 8 heteroatoms. The number of amides is 1. The molecule has 0 fully saturated rings. The summed E-state index contributed by atoms with van der Waals surface area (Å²) in [7, 11) is 1.53. The highest BCUT2D eigenvalue weighted by Crippen LogP contribution is 2.28. The number of hydrazone groups is 1. The van der Waals surface area contributed by atoms with Crippen LogP contribution in [0, 0.1) is 0 Å². The lowest BCUT2D eigenvalue weighted by molar-refractivity contribution is 0.0696. The van der Waals surface area contributed by atoms with E-state index in [1.165, 1.54) is 25.5 Å². The maximum Gasteiger partial charge on any atom is 0.335 e. The van der Waals surface area contributed by atoms with Gasteiger partial charge in [0.25, 0.3) is 0 Å². The van der Waals surface area contributed by atoms with Gasteiger partial charge in [0, 0.05) is 10.9 Å². The summed E-state index contributed by atoms with van der Waals surface area (Å²) in [6.45, 7) is 0. The zero-order chi connectivity index (χ0) is 21.1. The number of furan rings is 2. The standard InChI is InChI=1S/C22H16N2O6/c1-28-18-4-2-3-15-11-19(30-20(15)18)21(25)24-23-12-16-9-10-17(29-16)13-5-7-14(8-6-13)22(26)27/h2-12H,1H3,(H,24,25)(H,26,27)/b23-12-. The monoisotopic (exact) mass is 404 g/mol. The number of methoxy groups -OCH3 is 1. The van der Waals surface area contributed by atoms with E-state index in [1.54, 1.807) is 42.5 Å². The highest BCUT2D eigenvalue weighted by Gasteiger charge is 2.14. The largest absolute Gasteiger partial charge is 0.493 e. The number of hydrogen-bond acceptors (Lipinski definition) is 6. The quantitative estimate of drug-likeness (QED) is 0.368. The summed E-state index contributed by atoms with van der Waals surface area (Å²) in [4.78, 5) is 23.2. The normalized spacial score (nSPS) is 11.1. The molecule has 2 heterocycles. The van der Waals surface area contributed by atoms with Crippen molar-refractivity contribution in [1.29, 1.82) is 0 Å². The number of hydrogen-bond donors (Lipinski definition) is 2. The predicted octanol–water partition coefficient (Wildman–Crippen LogP) is 4.16. The summed E-state index contributed by atoms with van der Waals surface area (Å²) in [5, 5.41) is 13.6. The number of aromatic carboxylic acids is 1. The SMILES string of the molecule is COc1cccc2cc(C(=O)N/N=C\c3ccc(-c4ccc(C(=O)O)cc4)o3)oc12. The van der Waals surface area contributed by atoms with Gasteiger partial charge in [-0.05, 0) is 36.4 Å². The molecule has 2 aromatic carbocycles. The maximum absolute atomic E-state index is 12.3. The number of carboxylic acid groups (broad SMARTS) is 1. The Morgan fingerprint density at radius 2 is 1.87 bits per heavy atom. The molecule has 2 aromatic heterocycles. The molecule has 1 amide bonds. The van der Waals surface area contributed by atoms with Crippen LogP contribution in [0.5, 0.6) is 5.75 Å². The lowest BCUT2D eigenvalue weighted by Gasteiger charge is -1.98. The Morgan fingerprint density at radius 3 is 2.60 bits per heavy atom. The first kappa shape index (κ1) is 19.0. The average molecular weight is 404 g/mol. The van der Waals surface area contributed by atoms with Gasteiger partial charge in [0.05, 0.1) is 18.9 Å². The average Bonchev–Trinajstić information content (AvgIpc) is 3.40. The van der Waals surface area contributed by atoms with Crippen LogP contribution in [0.1, 0.15) is 26.7 Å². The number of rotatable bonds is 6. The summed E-state index contributed by atoms with van der Waals surface area (Å²) in [5.41, 5.74) is 3.79. The van der Waals surface area contributed by atoms with E-state index in [9.17, 15) is 9.59 Å². The lowest BCUT2D eigenvalue weighted by Crippen LogP contribution is -2.16. The molecule has 4 rings (SSSR count). The van der Waals surface area contributed by atoms with E-state index in [1.807, 2.05) is 6.07 Å². The van der Waals surface area contributed by atoms with E-state index < -0.39 is 11.9 Å². The van der Waals surface area contributed by atoms with Gasteiger partial charge in [0.2, 0.25) is 0 Å². The molecule has 0 atom stereocenters. The van der Waals surface area contributed by atoms with Crippen LogP contribution in [0.15, 0.2) is 74.6 Å². The zero-order valence-corrected chi connectivity index (χ0v) is 15.8. The van der Waals surface area contributed by atoms with Crippen LogP contribution in [0.2, 0.25) is 0 Å². The molecule has 4 aromatic rings. The molecule has 150 valence electrons. The number of para-hydroxylation sites is 1. The Labute approximate surface area is 170 Å². The number of nitrogens with zero attached hydrogens (tertiary/aromatic N) is 1. The van der Waals surface area contributed by atoms with Crippen LogP contribution in [-0.4, -0.2) is 30.3 Å². The Bertz CT molecular complexity index is 1250. The van der Waals surface area contributed by atoms with Crippen LogP contribution >= 0.6 is 0 Å². The van der Waals surface area contributed by atoms with Crippen LogP contribution in [0.3, 0.4) is 0 Å². The summed E-state index contributed by atoms with van der Waals surface area (Å²) in [6, 6.07) is 16.7. The molecule has 8 nitrogen and oxygen atoms in total. The van der Waals surface area contributed by atoms with Crippen LogP contribution in [0.25, 0.3) is 22.3 Å². The first-order chi connectivity index (χ1) is 14.5. The molecule has 0 saturated heterocycles. The molecule has 0 saturated carbocycles. The fourth-order valence-corrected chi connectivity index (χ4v) is 2.87. The first-order valence-electron chi connectivity index (χ1n) is 8.88. The fraction of sp³-hybridized carbons (Fsp3) is 0.0455. The second-order valence-corrected chi connectivity index (χ2v) is 6.27. The molecule has 2 N–H and O–H groups in total. The fourth-order valence-electron chi connectivity index (χ4n) is 2.87. The van der Waals surface area contributed by atoms with E-state index in [0.717, 1.165) is 10.9 Å². The summed E-state index contributed by atoms with van der Waals surface area (Å²) >= 11 is 0. The zero-order valence-electron chi connectivity index (χ0n) is 15.8. The molecule has 0 aliphatic heterocycles. The third-order valence-corrected chi connectivity index (χ3v) is 4.35. The van der Waals surface area contributed by atoms with E-state index in [-0.39, 0.29) is 11.3 Å². The van der Waals surface area contributed by atoms with Crippen LogP contribution in [-0.2, 0) is 0 Å². The van der Waals surface area contributed by atoms with Gasteiger partial charge in [-0.2, -0.15) is 5.10 Å².